The maximum Gasteiger partial charge on any atom is 0.236 e. The summed E-state index contributed by atoms with van der Waals surface area (Å²) >= 11 is 0. The Balaban J connectivity index is 1.60. The molecular formula is C22H24N4O. The van der Waals surface area contributed by atoms with E-state index in [0.29, 0.717) is 0 Å². The van der Waals surface area contributed by atoms with Crippen molar-refractivity contribution in [3.05, 3.63) is 65.9 Å². The number of aromatic amines is 1. The van der Waals surface area contributed by atoms with Crippen LogP contribution in [-0.2, 0) is 17.8 Å². The van der Waals surface area contributed by atoms with Gasteiger partial charge in [-0.15, -0.1) is 0 Å². The van der Waals surface area contributed by atoms with Crippen molar-refractivity contribution in [3.63, 3.8) is 0 Å². The smallest absolute Gasteiger partial charge is 0.236 e. The minimum atomic E-state index is -0.147. The molecule has 4 rings (SSSR count). The van der Waals surface area contributed by atoms with Crippen LogP contribution in [0.4, 0.5) is 0 Å². The van der Waals surface area contributed by atoms with Crippen LogP contribution >= 0.6 is 0 Å². The Morgan fingerprint density at radius 2 is 1.74 bits per heavy atom. The van der Waals surface area contributed by atoms with Gasteiger partial charge in [0.05, 0.1) is 11.7 Å². The molecule has 3 aromatic rings. The first kappa shape index (κ1) is 17.5. The molecule has 1 atom stereocenters. The van der Waals surface area contributed by atoms with Crippen LogP contribution < -0.4 is 5.32 Å². The lowest BCUT2D eigenvalue weighted by molar-refractivity contribution is -0.125. The fourth-order valence-electron chi connectivity index (χ4n) is 3.71. The van der Waals surface area contributed by atoms with Crippen molar-refractivity contribution in [2.75, 3.05) is 13.6 Å². The summed E-state index contributed by atoms with van der Waals surface area (Å²) in [6, 6.07) is 18.7. The Kier molecular flexibility index (Phi) is 4.77. The monoisotopic (exact) mass is 360 g/mol. The average molecular weight is 360 g/mol. The van der Waals surface area contributed by atoms with Gasteiger partial charge in [-0.1, -0.05) is 54.6 Å². The summed E-state index contributed by atoms with van der Waals surface area (Å²) in [6.07, 6.45) is 0.881. The Hall–Kier alpha value is -2.92. The Morgan fingerprint density at radius 1 is 1.07 bits per heavy atom. The van der Waals surface area contributed by atoms with E-state index >= 15 is 0 Å². The number of carbonyl (C=O) groups excluding carboxylic acids is 1. The molecule has 0 saturated heterocycles. The van der Waals surface area contributed by atoms with Crippen LogP contribution in [-0.4, -0.2) is 40.6 Å². The maximum absolute atomic E-state index is 12.0. The first-order valence-electron chi connectivity index (χ1n) is 9.35. The molecule has 1 aromatic heterocycles. The van der Waals surface area contributed by atoms with Crippen LogP contribution in [0.25, 0.3) is 22.4 Å². The minimum Gasteiger partial charge on any atom is -0.358 e. The van der Waals surface area contributed by atoms with Crippen LogP contribution in [0.2, 0.25) is 0 Å². The number of rotatable bonds is 4. The van der Waals surface area contributed by atoms with E-state index in [9.17, 15) is 4.79 Å². The van der Waals surface area contributed by atoms with Crippen LogP contribution in [0.3, 0.4) is 0 Å². The van der Waals surface area contributed by atoms with Crippen molar-refractivity contribution < 1.29 is 4.79 Å². The number of likely N-dealkylation sites (N-methyl/N-ethyl adjacent to an activating group) is 1. The molecule has 5 nitrogen and oxygen atoms in total. The lowest BCUT2D eigenvalue weighted by atomic mass is 9.98. The molecule has 0 unspecified atom stereocenters. The van der Waals surface area contributed by atoms with E-state index in [0.717, 1.165) is 30.8 Å². The number of nitrogens with zero attached hydrogens (tertiary/aromatic N) is 2. The van der Waals surface area contributed by atoms with E-state index in [4.69, 9.17) is 0 Å². The molecule has 2 N–H and O–H groups in total. The van der Waals surface area contributed by atoms with Gasteiger partial charge in [-0.05, 0) is 18.1 Å². The van der Waals surface area contributed by atoms with E-state index in [1.807, 2.05) is 13.0 Å². The van der Waals surface area contributed by atoms with Crippen molar-refractivity contribution in [3.8, 4) is 22.4 Å². The molecule has 0 spiro atoms. The summed E-state index contributed by atoms with van der Waals surface area (Å²) < 4.78 is 0. The third kappa shape index (κ3) is 3.38. The van der Waals surface area contributed by atoms with Crippen LogP contribution in [0.1, 0.15) is 18.2 Å². The zero-order valence-corrected chi connectivity index (χ0v) is 15.7. The zero-order valence-electron chi connectivity index (χ0n) is 15.7. The Labute approximate surface area is 159 Å². The highest BCUT2D eigenvalue weighted by molar-refractivity contribution is 5.81. The summed E-state index contributed by atoms with van der Waals surface area (Å²) in [4.78, 5) is 14.2. The number of H-pyrrole nitrogens is 1. The molecular weight excluding hydrogens is 336 g/mol. The topological polar surface area (TPSA) is 61.0 Å². The maximum atomic E-state index is 12.0. The molecule has 2 heterocycles. The van der Waals surface area contributed by atoms with Gasteiger partial charge in [-0.25, -0.2) is 0 Å². The Bertz CT molecular complexity index is 931. The van der Waals surface area contributed by atoms with Crippen molar-refractivity contribution in [1.82, 2.24) is 20.4 Å². The number of benzene rings is 2. The largest absolute Gasteiger partial charge is 0.358 e. The lowest BCUT2D eigenvalue weighted by Crippen LogP contribution is -2.46. The third-order valence-electron chi connectivity index (χ3n) is 5.40. The van der Waals surface area contributed by atoms with Crippen molar-refractivity contribution in [1.29, 1.82) is 0 Å². The van der Waals surface area contributed by atoms with E-state index < -0.39 is 0 Å². The second kappa shape index (κ2) is 7.37. The van der Waals surface area contributed by atoms with Gasteiger partial charge in [0.15, 0.2) is 0 Å². The number of hydrogen-bond donors (Lipinski definition) is 2. The van der Waals surface area contributed by atoms with Crippen molar-refractivity contribution in [2.24, 2.45) is 0 Å². The summed E-state index contributed by atoms with van der Waals surface area (Å²) in [5, 5.41) is 10.5. The van der Waals surface area contributed by atoms with Gasteiger partial charge in [-0.3, -0.25) is 14.8 Å². The van der Waals surface area contributed by atoms with E-state index in [1.165, 1.54) is 22.4 Å². The van der Waals surface area contributed by atoms with Gasteiger partial charge in [0.1, 0.15) is 0 Å². The quantitative estimate of drug-likeness (QED) is 0.751. The minimum absolute atomic E-state index is 0.0516. The molecule has 0 saturated carbocycles. The van der Waals surface area contributed by atoms with Crippen molar-refractivity contribution in [2.45, 2.75) is 25.9 Å². The molecule has 5 heteroatoms. The molecule has 2 aromatic carbocycles. The van der Waals surface area contributed by atoms with Crippen LogP contribution in [0, 0.1) is 0 Å². The summed E-state index contributed by atoms with van der Waals surface area (Å²) in [6.45, 7) is 3.55. The zero-order chi connectivity index (χ0) is 18.8. The molecule has 0 bridgehead atoms. The van der Waals surface area contributed by atoms with Gasteiger partial charge in [0, 0.05) is 43.4 Å². The lowest BCUT2D eigenvalue weighted by Gasteiger charge is -2.31. The molecule has 0 aliphatic carbocycles. The highest BCUT2D eigenvalue weighted by Crippen LogP contribution is 2.30. The van der Waals surface area contributed by atoms with E-state index in [-0.39, 0.29) is 11.9 Å². The highest BCUT2D eigenvalue weighted by atomic mass is 16.2. The van der Waals surface area contributed by atoms with E-state index in [1.54, 1.807) is 7.05 Å². The SMILES string of the molecule is CNC(=O)[C@H](C)N1CCc2[nH]nc(-c3ccc(-c4ccccc4)cc3)c2C1. The van der Waals surface area contributed by atoms with Gasteiger partial charge in [0.2, 0.25) is 5.91 Å². The van der Waals surface area contributed by atoms with E-state index in [2.05, 4.69) is 68.9 Å². The van der Waals surface area contributed by atoms with Crippen LogP contribution in [0.15, 0.2) is 54.6 Å². The molecule has 138 valence electrons. The standard InChI is InChI=1S/C22H24N4O/c1-15(22(27)23-2)26-13-12-20-19(14-26)21(25-24-20)18-10-8-17(9-11-18)16-6-4-3-5-7-16/h3-11,15H,12-14H2,1-2H3,(H,23,27)(H,24,25)/t15-/m0/s1. The summed E-state index contributed by atoms with van der Waals surface area (Å²) in [5.41, 5.74) is 6.86. The van der Waals surface area contributed by atoms with Gasteiger partial charge in [-0.2, -0.15) is 5.10 Å². The molecule has 1 amide bonds. The molecule has 1 aliphatic heterocycles. The predicted octanol–water partition coefficient (Wildman–Crippen LogP) is 3.24. The normalized spacial score (nSPS) is 15.2. The average Bonchev–Trinajstić information content (AvgIpc) is 3.16. The number of aromatic nitrogens is 2. The molecule has 0 fully saturated rings. The van der Waals surface area contributed by atoms with Gasteiger partial charge in [0.25, 0.3) is 0 Å². The molecule has 0 radical (unpaired) electrons. The molecule has 1 aliphatic rings. The Morgan fingerprint density at radius 3 is 2.44 bits per heavy atom. The summed E-state index contributed by atoms with van der Waals surface area (Å²) in [5.74, 6) is 0.0516. The van der Waals surface area contributed by atoms with Crippen LogP contribution in [0.5, 0.6) is 0 Å². The van der Waals surface area contributed by atoms with Crippen molar-refractivity contribution >= 4 is 5.91 Å². The first-order valence-corrected chi connectivity index (χ1v) is 9.35. The van der Waals surface area contributed by atoms with Gasteiger partial charge >= 0.3 is 0 Å². The number of carbonyl (C=O) groups is 1. The second-order valence-electron chi connectivity index (χ2n) is 6.98. The highest BCUT2D eigenvalue weighted by Gasteiger charge is 2.28. The number of fused-ring (bicyclic) bond motifs is 1. The first-order chi connectivity index (χ1) is 13.2. The number of nitrogens with one attached hydrogen (secondary N) is 2. The predicted molar refractivity (Wildman–Crippen MR) is 107 cm³/mol. The number of hydrogen-bond acceptors (Lipinski definition) is 3. The third-order valence-corrected chi connectivity index (χ3v) is 5.40. The number of amides is 1. The molecule has 27 heavy (non-hydrogen) atoms. The summed E-state index contributed by atoms with van der Waals surface area (Å²) in [7, 11) is 1.69. The van der Waals surface area contributed by atoms with Gasteiger partial charge < -0.3 is 5.32 Å². The second-order valence-corrected chi connectivity index (χ2v) is 6.98. The fourth-order valence-corrected chi connectivity index (χ4v) is 3.71. The fraction of sp³-hybridized carbons (Fsp3) is 0.273.